The summed E-state index contributed by atoms with van der Waals surface area (Å²) in [5, 5.41) is 9.40. The second-order valence-corrected chi connectivity index (χ2v) is 20.3. The Morgan fingerprint density at radius 3 is 1.18 bits per heavy atom. The second kappa shape index (κ2) is 18.7. The Labute approximate surface area is 456 Å². The summed E-state index contributed by atoms with van der Waals surface area (Å²) in [4.78, 5) is 15.8. The largest absolute Gasteiger partial charge is 0.309 e. The second-order valence-electron chi connectivity index (χ2n) is 20.3. The van der Waals surface area contributed by atoms with E-state index in [1.165, 1.54) is 39.0 Å². The maximum atomic E-state index is 5.34. The molecule has 0 aliphatic heterocycles. The van der Waals surface area contributed by atoms with E-state index in [-0.39, 0.29) is 0 Å². The molecule has 0 fully saturated rings. The van der Waals surface area contributed by atoms with Crippen LogP contribution in [0.3, 0.4) is 0 Å². The maximum absolute atomic E-state index is 5.34. The lowest BCUT2D eigenvalue weighted by atomic mass is 9.99. The van der Waals surface area contributed by atoms with Crippen LogP contribution in [0.25, 0.3) is 144 Å². The summed E-state index contributed by atoms with van der Waals surface area (Å²) < 4.78 is 9.58. The molecule has 79 heavy (non-hydrogen) atoms. The minimum absolute atomic E-state index is 0.556. The van der Waals surface area contributed by atoms with Gasteiger partial charge in [-0.3, -0.25) is 4.57 Å². The summed E-state index contributed by atoms with van der Waals surface area (Å²) in [5.74, 6) is 1.78. The summed E-state index contributed by atoms with van der Waals surface area (Å²) >= 11 is 0. The van der Waals surface area contributed by atoms with Crippen molar-refractivity contribution in [2.45, 2.75) is 20.3 Å². The van der Waals surface area contributed by atoms with Gasteiger partial charge in [-0.05, 0) is 90.0 Å². The van der Waals surface area contributed by atoms with Crippen LogP contribution in [0.2, 0.25) is 0 Å². The molecule has 374 valence electrons. The highest BCUT2D eigenvalue weighted by atomic mass is 15.2. The van der Waals surface area contributed by atoms with Crippen LogP contribution in [0, 0.1) is 0 Å². The van der Waals surface area contributed by atoms with Crippen LogP contribution in [0.4, 0.5) is 0 Å². The Hall–Kier alpha value is -10.4. The third-order valence-corrected chi connectivity index (χ3v) is 15.4. The molecule has 0 saturated carbocycles. The minimum atomic E-state index is 0.556. The van der Waals surface area contributed by atoms with Crippen LogP contribution < -0.4 is 0 Å². The average Bonchev–Trinajstić information content (AvgIpc) is 4.14. The Kier molecular flexibility index (Phi) is 10.9. The lowest BCUT2D eigenvalue weighted by Gasteiger charge is -2.13. The number of nitrogens with zero attached hydrogens (tertiary/aromatic N) is 7. The van der Waals surface area contributed by atoms with Crippen LogP contribution in [0.1, 0.15) is 20.3 Å². The number of rotatable bonds is 7. The molecule has 0 unspecified atom stereocenters. The van der Waals surface area contributed by atoms with Crippen LogP contribution >= 0.6 is 0 Å². The number of para-hydroxylation sites is 5. The van der Waals surface area contributed by atoms with Crippen molar-refractivity contribution in [3.63, 3.8) is 0 Å². The molecule has 0 aliphatic carbocycles. The predicted octanol–water partition coefficient (Wildman–Crippen LogP) is 18.7. The fourth-order valence-corrected chi connectivity index (χ4v) is 12.1. The highest BCUT2D eigenvalue weighted by Gasteiger charge is 2.25. The van der Waals surface area contributed by atoms with Crippen molar-refractivity contribution in [2.75, 3.05) is 0 Å². The van der Waals surface area contributed by atoms with Crippen LogP contribution in [0.15, 0.2) is 261 Å². The number of hydrogen-bond acceptors (Lipinski definition) is 3. The van der Waals surface area contributed by atoms with Gasteiger partial charge in [0.2, 0.25) is 5.95 Å². The van der Waals surface area contributed by atoms with E-state index < -0.39 is 0 Å². The zero-order chi connectivity index (χ0) is 52.6. The zero-order valence-electron chi connectivity index (χ0n) is 43.7. The SMILES string of the molecule is CCC.c1ccc(-c2nc(-c3ccccc3)nc(-n3c4ccccc4c4ccc5c6cc(-c7ccc8c(c7)c7c(ccc9c%10ccccc%10n(-c%10ccccc%10)c97)n8-c7ccccc7)ccc6n(-c6ccccc6)c5c43)n2)cc1. The van der Waals surface area contributed by atoms with Crippen molar-refractivity contribution in [3.8, 4) is 56.9 Å². The van der Waals surface area contributed by atoms with E-state index in [0.717, 1.165) is 94.0 Å². The van der Waals surface area contributed by atoms with E-state index >= 15 is 0 Å². The van der Waals surface area contributed by atoms with Gasteiger partial charge in [0.1, 0.15) is 0 Å². The molecule has 0 spiro atoms. The highest BCUT2D eigenvalue weighted by molar-refractivity contribution is 6.27. The van der Waals surface area contributed by atoms with Crippen molar-refractivity contribution in [1.82, 2.24) is 33.2 Å². The summed E-state index contributed by atoms with van der Waals surface area (Å²) in [6.07, 6.45) is 1.25. The van der Waals surface area contributed by atoms with Crippen molar-refractivity contribution < 1.29 is 0 Å². The smallest absolute Gasteiger partial charge is 0.238 e. The minimum Gasteiger partial charge on any atom is -0.309 e. The van der Waals surface area contributed by atoms with E-state index in [9.17, 15) is 0 Å². The number of hydrogen-bond donors (Lipinski definition) is 0. The summed E-state index contributed by atoms with van der Waals surface area (Å²) in [6, 6.07) is 93.4. The van der Waals surface area contributed by atoms with E-state index in [1.807, 2.05) is 36.4 Å². The summed E-state index contributed by atoms with van der Waals surface area (Å²) in [6.45, 7) is 4.25. The van der Waals surface area contributed by atoms with E-state index in [2.05, 4.69) is 257 Å². The molecule has 7 heteroatoms. The molecule has 5 aromatic heterocycles. The number of benzene rings is 11. The molecule has 7 nitrogen and oxygen atoms in total. The van der Waals surface area contributed by atoms with Crippen molar-refractivity contribution in [1.29, 1.82) is 0 Å². The Morgan fingerprint density at radius 2 is 0.633 bits per heavy atom. The fraction of sp³-hybridized carbons (Fsp3) is 0.0417. The van der Waals surface area contributed by atoms with Gasteiger partial charge < -0.3 is 13.7 Å². The topological polar surface area (TPSA) is 58.4 Å². The molecule has 0 bridgehead atoms. The molecule has 11 aromatic carbocycles. The normalized spacial score (nSPS) is 11.7. The molecule has 16 aromatic rings. The first-order valence-corrected chi connectivity index (χ1v) is 27.2. The predicted molar refractivity (Wildman–Crippen MR) is 329 cm³/mol. The Balaban J connectivity index is 0.00000176. The van der Waals surface area contributed by atoms with Gasteiger partial charge in [0.25, 0.3) is 0 Å². The quantitative estimate of drug-likeness (QED) is 0.160. The third kappa shape index (κ3) is 7.31. The summed E-state index contributed by atoms with van der Waals surface area (Å²) in [7, 11) is 0. The zero-order valence-corrected chi connectivity index (χ0v) is 43.7. The first kappa shape index (κ1) is 46.0. The molecule has 0 aliphatic rings. The Bertz CT molecular complexity index is 4920. The van der Waals surface area contributed by atoms with Crippen molar-refractivity contribution in [3.05, 3.63) is 261 Å². The van der Waals surface area contributed by atoms with Crippen LogP contribution in [-0.4, -0.2) is 33.2 Å². The first-order valence-electron chi connectivity index (χ1n) is 27.2. The van der Waals surface area contributed by atoms with Gasteiger partial charge in [-0.1, -0.05) is 202 Å². The van der Waals surface area contributed by atoms with Crippen LogP contribution in [-0.2, 0) is 0 Å². The molecule has 0 saturated heterocycles. The Morgan fingerprint density at radius 1 is 0.266 bits per heavy atom. The molecule has 0 N–H and O–H groups in total. The maximum Gasteiger partial charge on any atom is 0.238 e. The number of aromatic nitrogens is 7. The summed E-state index contributed by atoms with van der Waals surface area (Å²) in [5.41, 5.74) is 16.4. The van der Waals surface area contributed by atoms with Crippen LogP contribution in [0.5, 0.6) is 0 Å². The standard InChI is InChI=1S/C69H43N7.C3H8/c1-6-20-44(21-7-1)67-70-68(45-22-8-2-9-23-45)72-69(71-67)76-59-33-19-17-31-52(59)54-36-37-55-56-42-46(34-39-60(56)75(65(55)66(54)76)50-28-14-5-15-29-50)47-35-40-61-57(43-47)63-62(73(61)48-24-10-3-11-25-48)41-38-53-51-30-16-18-32-58(51)74(64(53)63)49-26-12-4-13-27-49;1-3-2/h1-43H;3H2,1-2H3. The lowest BCUT2D eigenvalue weighted by Crippen LogP contribution is -2.07. The molecule has 5 heterocycles. The molecule has 0 atom stereocenters. The van der Waals surface area contributed by atoms with E-state index in [0.29, 0.717) is 17.6 Å². The van der Waals surface area contributed by atoms with E-state index in [1.54, 1.807) is 0 Å². The highest BCUT2D eigenvalue weighted by Crippen LogP contribution is 2.46. The first-order chi connectivity index (χ1) is 39.1. The third-order valence-electron chi connectivity index (χ3n) is 15.4. The van der Waals surface area contributed by atoms with Gasteiger partial charge >= 0.3 is 0 Å². The van der Waals surface area contributed by atoms with Gasteiger partial charge in [0.15, 0.2) is 11.6 Å². The monoisotopic (exact) mass is 1010 g/mol. The van der Waals surface area contributed by atoms with Gasteiger partial charge in [-0.2, -0.15) is 9.97 Å². The lowest BCUT2D eigenvalue weighted by molar-refractivity contribution is 0.953. The molecule has 0 radical (unpaired) electrons. The van der Waals surface area contributed by atoms with Crippen molar-refractivity contribution in [2.24, 2.45) is 0 Å². The molecule has 16 rings (SSSR count). The van der Waals surface area contributed by atoms with Crippen molar-refractivity contribution >= 4 is 87.2 Å². The number of fused-ring (bicyclic) bond motifs is 14. The van der Waals surface area contributed by atoms with E-state index in [4.69, 9.17) is 15.0 Å². The van der Waals surface area contributed by atoms with Gasteiger partial charge in [-0.25, -0.2) is 4.98 Å². The fourth-order valence-electron chi connectivity index (χ4n) is 12.1. The molecule has 0 amide bonds. The van der Waals surface area contributed by atoms with Gasteiger partial charge in [-0.15, -0.1) is 0 Å². The van der Waals surface area contributed by atoms with Gasteiger partial charge in [0, 0.05) is 71.3 Å². The molecular weight excluding hydrogens is 963 g/mol. The average molecular weight is 1010 g/mol. The molecular formula is C72H51N7. The van der Waals surface area contributed by atoms with Gasteiger partial charge in [0.05, 0.1) is 44.1 Å².